The van der Waals surface area contributed by atoms with Gasteiger partial charge in [0, 0.05) is 19.1 Å². The Morgan fingerprint density at radius 2 is 2.05 bits per heavy atom. The van der Waals surface area contributed by atoms with E-state index in [1.165, 1.54) is 18.4 Å². The maximum atomic E-state index is 10.2. The van der Waals surface area contributed by atoms with Crippen molar-refractivity contribution in [2.45, 2.75) is 37.8 Å². The minimum Gasteiger partial charge on any atom is -0.392 e. The summed E-state index contributed by atoms with van der Waals surface area (Å²) in [5.74, 6) is 0. The Balaban J connectivity index is 1.72. The summed E-state index contributed by atoms with van der Waals surface area (Å²) < 4.78 is 0. The zero-order valence-electron chi connectivity index (χ0n) is 12.8. The van der Waals surface area contributed by atoms with E-state index in [0.717, 1.165) is 32.5 Å². The third-order valence-corrected chi connectivity index (χ3v) is 4.29. The minimum absolute atomic E-state index is 0.212. The Labute approximate surface area is 123 Å². The smallest absolute Gasteiger partial charge is 0.0670 e. The van der Waals surface area contributed by atoms with Gasteiger partial charge in [-0.3, -0.25) is 4.90 Å². The predicted molar refractivity (Wildman–Crippen MR) is 83.9 cm³/mol. The summed E-state index contributed by atoms with van der Waals surface area (Å²) in [5.41, 5.74) is 1.32. The van der Waals surface area contributed by atoms with Crippen molar-refractivity contribution in [3.8, 4) is 0 Å². The fraction of sp³-hybridized carbons (Fsp3) is 0.647. The van der Waals surface area contributed by atoms with E-state index >= 15 is 0 Å². The van der Waals surface area contributed by atoms with Gasteiger partial charge in [0.25, 0.3) is 0 Å². The van der Waals surface area contributed by atoms with Crippen LogP contribution in [0.25, 0.3) is 0 Å². The van der Waals surface area contributed by atoms with Gasteiger partial charge in [0.05, 0.1) is 6.10 Å². The zero-order chi connectivity index (χ0) is 14.4. The van der Waals surface area contributed by atoms with Crippen LogP contribution in [0, 0.1) is 0 Å². The molecule has 20 heavy (non-hydrogen) atoms. The number of piperidine rings is 1. The number of rotatable bonds is 6. The van der Waals surface area contributed by atoms with E-state index in [1.807, 2.05) is 6.07 Å². The van der Waals surface area contributed by atoms with E-state index in [-0.39, 0.29) is 6.10 Å². The maximum Gasteiger partial charge on any atom is 0.0670 e. The largest absolute Gasteiger partial charge is 0.392 e. The summed E-state index contributed by atoms with van der Waals surface area (Å²) in [5, 5.41) is 10.2. The number of aliphatic hydroxyl groups is 1. The maximum absolute atomic E-state index is 10.2. The number of β-amino-alcohol motifs (C(OH)–C–C–N with tert-alkyl or cyclic N) is 1. The van der Waals surface area contributed by atoms with Gasteiger partial charge in [-0.25, -0.2) is 0 Å². The highest BCUT2D eigenvalue weighted by molar-refractivity contribution is 5.14. The van der Waals surface area contributed by atoms with Crippen LogP contribution in [0.4, 0.5) is 0 Å². The molecule has 0 amide bonds. The first kappa shape index (κ1) is 15.5. The second-order valence-corrected chi connectivity index (χ2v) is 6.20. The molecule has 1 fully saturated rings. The molecule has 2 rings (SSSR count). The lowest BCUT2D eigenvalue weighted by atomic mass is 10.0. The van der Waals surface area contributed by atoms with Crippen LogP contribution in [-0.2, 0) is 6.42 Å². The number of likely N-dealkylation sites (N-methyl/N-ethyl adjacent to an activating group) is 1. The molecule has 1 aromatic carbocycles. The topological polar surface area (TPSA) is 26.7 Å². The van der Waals surface area contributed by atoms with Crippen LogP contribution in [0.2, 0.25) is 0 Å². The second kappa shape index (κ2) is 7.77. The van der Waals surface area contributed by atoms with Crippen LogP contribution in [-0.4, -0.2) is 60.8 Å². The van der Waals surface area contributed by atoms with Crippen LogP contribution in [0.3, 0.4) is 0 Å². The number of nitrogens with zero attached hydrogens (tertiary/aromatic N) is 2. The molecule has 1 aliphatic heterocycles. The predicted octanol–water partition coefficient (Wildman–Crippen LogP) is 2.01. The van der Waals surface area contributed by atoms with Gasteiger partial charge in [0.15, 0.2) is 0 Å². The zero-order valence-corrected chi connectivity index (χ0v) is 12.8. The molecule has 112 valence electrons. The summed E-state index contributed by atoms with van der Waals surface area (Å²) in [4.78, 5) is 4.73. The lowest BCUT2D eigenvalue weighted by molar-refractivity contribution is 0.0684. The van der Waals surface area contributed by atoms with Gasteiger partial charge in [-0.1, -0.05) is 30.3 Å². The summed E-state index contributed by atoms with van der Waals surface area (Å²) in [6.07, 6.45) is 4.13. The highest BCUT2D eigenvalue weighted by Crippen LogP contribution is 2.15. The monoisotopic (exact) mass is 276 g/mol. The van der Waals surface area contributed by atoms with Crippen molar-refractivity contribution in [2.75, 3.05) is 33.7 Å². The van der Waals surface area contributed by atoms with Gasteiger partial charge in [-0.2, -0.15) is 0 Å². The highest BCUT2D eigenvalue weighted by atomic mass is 16.3. The number of aliphatic hydroxyl groups excluding tert-OH is 1. The molecule has 0 spiro atoms. The van der Waals surface area contributed by atoms with Crippen LogP contribution in [0.1, 0.15) is 24.8 Å². The number of likely N-dealkylation sites (tertiary alicyclic amines) is 1. The Hall–Kier alpha value is -0.900. The standard InChI is InChI=1S/C17H28N2O/c1-18(2)16-9-6-12-19(13-16)14-17(20)11-10-15-7-4-3-5-8-15/h3-5,7-8,16-17,20H,6,9-14H2,1-2H3/t16-,17+/m0/s1. The van der Waals surface area contributed by atoms with E-state index in [0.29, 0.717) is 6.04 Å². The molecule has 0 saturated carbocycles. The lowest BCUT2D eigenvalue weighted by Crippen LogP contribution is -2.47. The average molecular weight is 276 g/mol. The SMILES string of the molecule is CN(C)[C@H]1CCCN(C[C@H](O)CCc2ccccc2)C1. The van der Waals surface area contributed by atoms with Gasteiger partial charge < -0.3 is 10.0 Å². The Morgan fingerprint density at radius 1 is 1.30 bits per heavy atom. The quantitative estimate of drug-likeness (QED) is 0.861. The van der Waals surface area contributed by atoms with Crippen LogP contribution < -0.4 is 0 Å². The van der Waals surface area contributed by atoms with Crippen molar-refractivity contribution in [1.29, 1.82) is 0 Å². The van der Waals surface area contributed by atoms with Crippen molar-refractivity contribution < 1.29 is 5.11 Å². The molecule has 1 heterocycles. The molecule has 0 aromatic heterocycles. The van der Waals surface area contributed by atoms with E-state index in [4.69, 9.17) is 0 Å². The molecule has 1 N–H and O–H groups in total. The summed E-state index contributed by atoms with van der Waals surface area (Å²) in [6.45, 7) is 3.04. The van der Waals surface area contributed by atoms with Gasteiger partial charge in [0.2, 0.25) is 0 Å². The summed E-state index contributed by atoms with van der Waals surface area (Å²) in [7, 11) is 4.31. The average Bonchev–Trinajstić information content (AvgIpc) is 2.46. The second-order valence-electron chi connectivity index (χ2n) is 6.20. The third kappa shape index (κ3) is 4.89. The number of hydrogen-bond acceptors (Lipinski definition) is 3. The van der Waals surface area contributed by atoms with E-state index < -0.39 is 0 Å². The summed E-state index contributed by atoms with van der Waals surface area (Å²) in [6, 6.07) is 11.1. The molecule has 1 saturated heterocycles. The third-order valence-electron chi connectivity index (χ3n) is 4.29. The Bertz CT molecular complexity index is 380. The van der Waals surface area contributed by atoms with Gasteiger partial charge in [-0.15, -0.1) is 0 Å². The molecule has 0 radical (unpaired) electrons. The molecule has 3 nitrogen and oxygen atoms in total. The van der Waals surface area contributed by atoms with E-state index in [1.54, 1.807) is 0 Å². The van der Waals surface area contributed by atoms with Crippen LogP contribution in [0.15, 0.2) is 30.3 Å². The number of benzene rings is 1. The fourth-order valence-electron chi connectivity index (χ4n) is 2.99. The van der Waals surface area contributed by atoms with Gasteiger partial charge >= 0.3 is 0 Å². The van der Waals surface area contributed by atoms with Crippen molar-refractivity contribution in [1.82, 2.24) is 9.80 Å². The molecule has 1 aromatic rings. The molecular weight excluding hydrogens is 248 g/mol. The first-order valence-corrected chi connectivity index (χ1v) is 7.76. The fourth-order valence-corrected chi connectivity index (χ4v) is 2.99. The highest BCUT2D eigenvalue weighted by Gasteiger charge is 2.22. The lowest BCUT2D eigenvalue weighted by Gasteiger charge is -2.37. The minimum atomic E-state index is -0.212. The van der Waals surface area contributed by atoms with Crippen molar-refractivity contribution >= 4 is 0 Å². The molecule has 0 unspecified atom stereocenters. The molecule has 0 bridgehead atoms. The van der Waals surface area contributed by atoms with Gasteiger partial charge in [0.1, 0.15) is 0 Å². The Morgan fingerprint density at radius 3 is 2.75 bits per heavy atom. The number of hydrogen-bond donors (Lipinski definition) is 1. The first-order chi connectivity index (χ1) is 9.65. The summed E-state index contributed by atoms with van der Waals surface area (Å²) >= 11 is 0. The van der Waals surface area contributed by atoms with Crippen molar-refractivity contribution in [3.63, 3.8) is 0 Å². The molecule has 0 aliphatic carbocycles. The molecule has 1 aliphatic rings. The Kier molecular flexibility index (Phi) is 6.02. The van der Waals surface area contributed by atoms with Crippen LogP contribution >= 0.6 is 0 Å². The van der Waals surface area contributed by atoms with Crippen molar-refractivity contribution in [3.05, 3.63) is 35.9 Å². The van der Waals surface area contributed by atoms with Gasteiger partial charge in [-0.05, 0) is 51.9 Å². The molecule has 2 atom stereocenters. The van der Waals surface area contributed by atoms with E-state index in [9.17, 15) is 5.11 Å². The normalized spacial score (nSPS) is 22.1. The van der Waals surface area contributed by atoms with E-state index in [2.05, 4.69) is 48.2 Å². The molecular formula is C17H28N2O. The van der Waals surface area contributed by atoms with Crippen molar-refractivity contribution in [2.24, 2.45) is 0 Å². The first-order valence-electron chi connectivity index (χ1n) is 7.76. The van der Waals surface area contributed by atoms with Crippen LogP contribution in [0.5, 0.6) is 0 Å². The molecule has 3 heteroatoms. The number of aryl methyl sites for hydroxylation is 1.